The first-order chi connectivity index (χ1) is 16.8. The fraction of sp³-hybridized carbons (Fsp3) is 0.429. The number of benzene rings is 2. The number of Topliss-reactive ketones (excluding diaryl/α,β-unsaturated/α-hetero) is 1. The smallest absolute Gasteiger partial charge is 0.295 e. The lowest BCUT2D eigenvalue weighted by atomic mass is 9.95. The molecule has 7 heteroatoms. The van der Waals surface area contributed by atoms with Crippen molar-refractivity contribution >= 4 is 17.4 Å². The van der Waals surface area contributed by atoms with Crippen LogP contribution in [-0.4, -0.2) is 66.0 Å². The highest BCUT2D eigenvalue weighted by Crippen LogP contribution is 2.40. The molecule has 2 aromatic rings. The molecule has 0 spiro atoms. The van der Waals surface area contributed by atoms with Crippen molar-refractivity contribution in [1.82, 2.24) is 9.80 Å². The normalized spacial score (nSPS) is 17.5. The van der Waals surface area contributed by atoms with Crippen molar-refractivity contribution < 1.29 is 24.2 Å². The number of methoxy groups -OCH3 is 1. The first-order valence-electron chi connectivity index (χ1n) is 12.2. The maximum Gasteiger partial charge on any atom is 0.295 e. The Hall–Kier alpha value is -3.32. The summed E-state index contributed by atoms with van der Waals surface area (Å²) in [5.41, 5.74) is 1.30. The summed E-state index contributed by atoms with van der Waals surface area (Å²) in [5.74, 6) is -0.112. The van der Waals surface area contributed by atoms with E-state index in [-0.39, 0.29) is 17.4 Å². The van der Waals surface area contributed by atoms with Crippen LogP contribution in [0.4, 0.5) is 0 Å². The lowest BCUT2D eigenvalue weighted by Gasteiger charge is -2.27. The number of likely N-dealkylation sites (tertiary alicyclic amines) is 1. The first kappa shape index (κ1) is 26.3. The Kier molecular flexibility index (Phi) is 8.93. The number of aliphatic hydroxyl groups is 1. The predicted molar refractivity (Wildman–Crippen MR) is 137 cm³/mol. The second-order valence-corrected chi connectivity index (χ2v) is 8.84. The third-order valence-electron chi connectivity index (χ3n) is 6.24. The summed E-state index contributed by atoms with van der Waals surface area (Å²) < 4.78 is 11.0. The van der Waals surface area contributed by atoms with Gasteiger partial charge in [0.05, 0.1) is 24.8 Å². The maximum absolute atomic E-state index is 13.2. The van der Waals surface area contributed by atoms with E-state index in [1.165, 1.54) is 0 Å². The van der Waals surface area contributed by atoms with Crippen molar-refractivity contribution in [1.29, 1.82) is 0 Å². The summed E-state index contributed by atoms with van der Waals surface area (Å²) >= 11 is 0. The van der Waals surface area contributed by atoms with Crippen LogP contribution in [0.1, 0.15) is 51.3 Å². The van der Waals surface area contributed by atoms with Gasteiger partial charge in [-0.15, -0.1) is 0 Å². The van der Waals surface area contributed by atoms with E-state index in [0.717, 1.165) is 31.6 Å². The monoisotopic (exact) mass is 480 g/mol. The highest BCUT2D eigenvalue weighted by molar-refractivity contribution is 6.46. The van der Waals surface area contributed by atoms with E-state index in [9.17, 15) is 14.7 Å². The molecule has 0 radical (unpaired) electrons. The molecule has 1 aliphatic rings. The number of ether oxygens (including phenoxy) is 2. The summed E-state index contributed by atoms with van der Waals surface area (Å²) in [6, 6.07) is 13.5. The van der Waals surface area contributed by atoms with E-state index in [1.807, 2.05) is 38.1 Å². The topological polar surface area (TPSA) is 79.3 Å². The third-order valence-corrected chi connectivity index (χ3v) is 6.24. The van der Waals surface area contributed by atoms with Gasteiger partial charge >= 0.3 is 0 Å². The second-order valence-electron chi connectivity index (χ2n) is 8.84. The lowest BCUT2D eigenvalue weighted by molar-refractivity contribution is -0.140. The van der Waals surface area contributed by atoms with Crippen LogP contribution < -0.4 is 9.47 Å². The lowest BCUT2D eigenvalue weighted by Crippen LogP contribution is -2.33. The van der Waals surface area contributed by atoms with Gasteiger partial charge in [-0.3, -0.25) is 9.59 Å². The molecule has 7 nitrogen and oxygen atoms in total. The number of hydrogen-bond donors (Lipinski definition) is 1. The molecule has 1 atom stereocenters. The second kappa shape index (κ2) is 11.9. The molecule has 35 heavy (non-hydrogen) atoms. The average Bonchev–Trinajstić information content (AvgIpc) is 3.11. The first-order valence-corrected chi connectivity index (χ1v) is 12.2. The minimum absolute atomic E-state index is 0.0293. The van der Waals surface area contributed by atoms with E-state index < -0.39 is 17.7 Å². The number of amides is 1. The predicted octanol–water partition coefficient (Wildman–Crippen LogP) is 4.64. The summed E-state index contributed by atoms with van der Waals surface area (Å²) in [6.07, 6.45) is 0.754. The number of carbonyl (C=O) groups is 2. The van der Waals surface area contributed by atoms with E-state index >= 15 is 0 Å². The van der Waals surface area contributed by atoms with E-state index in [1.54, 1.807) is 36.3 Å². The number of ketones is 1. The Morgan fingerprint density at radius 2 is 1.60 bits per heavy atom. The molecule has 0 aromatic heterocycles. The van der Waals surface area contributed by atoms with Crippen LogP contribution in [0.2, 0.25) is 0 Å². The van der Waals surface area contributed by atoms with Crippen LogP contribution in [0.25, 0.3) is 5.76 Å². The van der Waals surface area contributed by atoms with Crippen LogP contribution in [-0.2, 0) is 9.59 Å². The standard InChI is InChI=1S/C28H36N2O5/c1-6-29(7-2)17-8-18-30-25(20-9-15-23(16-10-20)35-19(3)4)24(27(32)28(30)33)26(31)21-11-13-22(34-5)14-12-21/h9-16,19,25,31H,6-8,17-18H2,1-5H3/b26-24+/t25-/m0/s1. The highest BCUT2D eigenvalue weighted by Gasteiger charge is 2.45. The Bertz CT molecular complexity index is 1040. The molecule has 0 aliphatic carbocycles. The van der Waals surface area contributed by atoms with Crippen LogP contribution >= 0.6 is 0 Å². The van der Waals surface area contributed by atoms with Crippen molar-refractivity contribution in [3.8, 4) is 11.5 Å². The summed E-state index contributed by atoms with van der Waals surface area (Å²) in [7, 11) is 1.56. The maximum atomic E-state index is 13.2. The van der Waals surface area contributed by atoms with Gasteiger partial charge in [0.15, 0.2) is 0 Å². The van der Waals surface area contributed by atoms with Gasteiger partial charge in [0.1, 0.15) is 17.3 Å². The van der Waals surface area contributed by atoms with Gasteiger partial charge in [-0.1, -0.05) is 26.0 Å². The molecule has 0 unspecified atom stereocenters. The zero-order valence-corrected chi connectivity index (χ0v) is 21.3. The van der Waals surface area contributed by atoms with Crippen LogP contribution in [0.3, 0.4) is 0 Å². The summed E-state index contributed by atoms with van der Waals surface area (Å²) in [6.45, 7) is 11.2. The molecule has 0 saturated carbocycles. The summed E-state index contributed by atoms with van der Waals surface area (Å²) in [4.78, 5) is 30.2. The van der Waals surface area contributed by atoms with Gasteiger partial charge in [0, 0.05) is 12.1 Å². The molecule has 0 bridgehead atoms. The highest BCUT2D eigenvalue weighted by atomic mass is 16.5. The molecule has 1 fully saturated rings. The Labute approximate surface area is 207 Å². The van der Waals surface area contributed by atoms with Gasteiger partial charge in [-0.25, -0.2) is 0 Å². The van der Waals surface area contributed by atoms with Crippen LogP contribution in [0.15, 0.2) is 54.1 Å². The van der Waals surface area contributed by atoms with E-state index in [0.29, 0.717) is 23.6 Å². The number of carbonyl (C=O) groups excluding carboxylic acids is 2. The molecule has 1 N–H and O–H groups in total. The van der Waals surface area contributed by atoms with Gasteiger partial charge in [0.2, 0.25) is 0 Å². The van der Waals surface area contributed by atoms with Gasteiger partial charge < -0.3 is 24.4 Å². The molecule has 1 amide bonds. The van der Waals surface area contributed by atoms with Gasteiger partial charge in [0.25, 0.3) is 11.7 Å². The largest absolute Gasteiger partial charge is 0.507 e. The zero-order valence-electron chi connectivity index (χ0n) is 21.3. The van der Waals surface area contributed by atoms with Crippen molar-refractivity contribution in [3.05, 3.63) is 65.2 Å². The van der Waals surface area contributed by atoms with Crippen molar-refractivity contribution in [2.24, 2.45) is 0 Å². The van der Waals surface area contributed by atoms with Crippen LogP contribution in [0.5, 0.6) is 11.5 Å². The Morgan fingerprint density at radius 3 is 2.14 bits per heavy atom. The third kappa shape index (κ3) is 6.03. The molecular weight excluding hydrogens is 444 g/mol. The average molecular weight is 481 g/mol. The zero-order chi connectivity index (χ0) is 25.5. The van der Waals surface area contributed by atoms with E-state index in [4.69, 9.17) is 9.47 Å². The Morgan fingerprint density at radius 1 is 1.00 bits per heavy atom. The minimum atomic E-state index is -0.679. The SMILES string of the molecule is CCN(CC)CCCN1C(=O)C(=O)/C(=C(/O)c2ccc(OC)cc2)[C@@H]1c1ccc(OC(C)C)cc1. The molecule has 188 valence electrons. The fourth-order valence-electron chi connectivity index (χ4n) is 4.37. The number of rotatable bonds is 11. The number of hydrogen-bond acceptors (Lipinski definition) is 6. The quantitative estimate of drug-likeness (QED) is 0.287. The van der Waals surface area contributed by atoms with Crippen molar-refractivity contribution in [2.45, 2.75) is 46.3 Å². The Balaban J connectivity index is 2.01. The molecule has 1 heterocycles. The van der Waals surface area contributed by atoms with Crippen LogP contribution in [0, 0.1) is 0 Å². The van der Waals surface area contributed by atoms with Gasteiger partial charge in [-0.05, 0) is 81.9 Å². The molecule has 1 saturated heterocycles. The number of nitrogens with zero attached hydrogens (tertiary/aromatic N) is 2. The fourth-order valence-corrected chi connectivity index (χ4v) is 4.37. The molecule has 1 aliphatic heterocycles. The molecule has 3 rings (SSSR count). The molecule has 2 aromatic carbocycles. The molecular formula is C28H36N2O5. The van der Waals surface area contributed by atoms with Crippen molar-refractivity contribution in [2.75, 3.05) is 33.3 Å². The van der Waals surface area contributed by atoms with E-state index in [2.05, 4.69) is 18.7 Å². The summed E-state index contributed by atoms with van der Waals surface area (Å²) in [5, 5.41) is 11.2. The number of aliphatic hydroxyl groups excluding tert-OH is 1. The van der Waals surface area contributed by atoms with Crippen molar-refractivity contribution in [3.63, 3.8) is 0 Å². The minimum Gasteiger partial charge on any atom is -0.507 e. The van der Waals surface area contributed by atoms with Gasteiger partial charge in [-0.2, -0.15) is 0 Å².